The predicted octanol–water partition coefficient (Wildman–Crippen LogP) is 7.55. The molecule has 11 heteroatoms. The van der Waals surface area contributed by atoms with E-state index in [9.17, 15) is 4.39 Å². The second-order valence-corrected chi connectivity index (χ2v) is 18.1. The number of hydrogen-bond acceptors (Lipinski definition) is 6. The molecule has 3 aromatic carbocycles. The molecule has 0 saturated heterocycles. The van der Waals surface area contributed by atoms with Crippen LogP contribution >= 0.6 is 11.6 Å². The minimum atomic E-state index is -1.27. The molecule has 0 N–H and O–H groups in total. The van der Waals surface area contributed by atoms with Gasteiger partial charge in [-0.1, -0.05) is 67.6 Å². The highest BCUT2D eigenvalue weighted by Gasteiger charge is 2.25. The Morgan fingerprint density at radius 2 is 1.82 bits per heavy atom. The molecule has 44 heavy (non-hydrogen) atoms. The third-order valence-corrected chi connectivity index (χ3v) is 9.50. The van der Waals surface area contributed by atoms with Crippen LogP contribution in [0.1, 0.15) is 23.0 Å². The van der Waals surface area contributed by atoms with Crippen molar-refractivity contribution in [3.63, 3.8) is 0 Å². The summed E-state index contributed by atoms with van der Waals surface area (Å²) in [7, 11) is -1.27. The van der Waals surface area contributed by atoms with Crippen molar-refractivity contribution < 1.29 is 9.13 Å². The summed E-state index contributed by atoms with van der Waals surface area (Å²) in [6.45, 7) is 7.98. The molecule has 0 aliphatic heterocycles. The molecule has 6 aromatic rings. The van der Waals surface area contributed by atoms with Crippen molar-refractivity contribution >= 4 is 30.7 Å². The van der Waals surface area contributed by atoms with E-state index in [-0.39, 0.29) is 11.7 Å². The summed E-state index contributed by atoms with van der Waals surface area (Å²) in [6, 6.07) is 25.6. The molecule has 0 bridgehead atoms. The summed E-state index contributed by atoms with van der Waals surface area (Å²) in [6.07, 6.45) is 4.04. The number of ether oxygens (including phenoxy) is 1. The van der Waals surface area contributed by atoms with E-state index < -0.39 is 8.07 Å². The van der Waals surface area contributed by atoms with E-state index in [2.05, 4.69) is 51.9 Å². The lowest BCUT2D eigenvalue weighted by Gasteiger charge is -2.20. The van der Waals surface area contributed by atoms with Gasteiger partial charge in [0.2, 0.25) is 0 Å². The first-order valence-electron chi connectivity index (χ1n) is 14.5. The van der Waals surface area contributed by atoms with Crippen molar-refractivity contribution in [2.24, 2.45) is 0 Å². The average molecular weight is 626 g/mol. The number of rotatable bonds is 11. The number of halogens is 2. The molecular weight excluding hydrogens is 593 g/mol. The number of hydrogen-bond donors (Lipinski definition) is 0. The molecule has 1 unspecified atom stereocenters. The van der Waals surface area contributed by atoms with Gasteiger partial charge in [-0.05, 0) is 64.9 Å². The van der Waals surface area contributed by atoms with Gasteiger partial charge in [0.05, 0.1) is 28.3 Å². The van der Waals surface area contributed by atoms with Gasteiger partial charge < -0.3 is 9.30 Å². The first-order chi connectivity index (χ1) is 21.2. The zero-order valence-corrected chi connectivity index (χ0v) is 26.6. The first-order valence-corrected chi connectivity index (χ1v) is 18.6. The maximum atomic E-state index is 14.3. The Balaban J connectivity index is 1.41. The summed E-state index contributed by atoms with van der Waals surface area (Å²) >= 11 is 6.40. The molecule has 0 aliphatic rings. The molecule has 224 valence electrons. The number of benzene rings is 3. The maximum absolute atomic E-state index is 14.3. The van der Waals surface area contributed by atoms with E-state index >= 15 is 0 Å². The SMILES string of the molecule is C[Si](C)(C)CCOCn1c(C(Cc2ccccc2)c2ccc(-c3cc(Cl)ccc3-n3cnnn3)cn2)nc2cc(F)ccc21. The molecule has 0 spiro atoms. The summed E-state index contributed by atoms with van der Waals surface area (Å²) in [5.41, 5.74) is 5.90. The van der Waals surface area contributed by atoms with Crippen molar-refractivity contribution in [2.45, 2.75) is 44.8 Å². The monoisotopic (exact) mass is 625 g/mol. The summed E-state index contributed by atoms with van der Waals surface area (Å²) in [4.78, 5) is 9.95. The quantitative estimate of drug-likeness (QED) is 0.109. The lowest BCUT2D eigenvalue weighted by atomic mass is 9.94. The van der Waals surface area contributed by atoms with Gasteiger partial charge in [0.15, 0.2) is 0 Å². The lowest BCUT2D eigenvalue weighted by molar-refractivity contribution is 0.0874. The molecule has 0 fully saturated rings. The van der Waals surface area contributed by atoms with Crippen molar-refractivity contribution in [1.82, 2.24) is 34.7 Å². The summed E-state index contributed by atoms with van der Waals surface area (Å²) < 4.78 is 24.2. The highest BCUT2D eigenvalue weighted by molar-refractivity contribution is 6.76. The van der Waals surface area contributed by atoms with Crippen LogP contribution in [0.25, 0.3) is 27.8 Å². The lowest BCUT2D eigenvalue weighted by Crippen LogP contribution is -2.22. The van der Waals surface area contributed by atoms with Crippen LogP contribution in [0.15, 0.2) is 91.4 Å². The highest BCUT2D eigenvalue weighted by Crippen LogP contribution is 2.33. The molecule has 3 heterocycles. The molecule has 8 nitrogen and oxygen atoms in total. The second kappa shape index (κ2) is 12.8. The van der Waals surface area contributed by atoms with E-state index in [0.717, 1.165) is 45.5 Å². The number of tetrazole rings is 1. The Labute approximate surface area is 261 Å². The van der Waals surface area contributed by atoms with E-state index in [0.29, 0.717) is 30.3 Å². The Morgan fingerprint density at radius 3 is 2.55 bits per heavy atom. The third kappa shape index (κ3) is 6.77. The minimum absolute atomic E-state index is 0.221. The Bertz CT molecular complexity index is 1860. The number of fused-ring (bicyclic) bond motifs is 1. The molecule has 0 amide bonds. The fourth-order valence-electron chi connectivity index (χ4n) is 5.22. The Hall–Kier alpha value is -4.25. The minimum Gasteiger partial charge on any atom is -0.361 e. The standard InChI is InChI=1S/C33H33ClFN7OSi/c1-44(2,3)16-15-43-22-41-32-14-11-26(35)19-30(32)38-33(41)28(17-23-7-5-4-6-8-23)29-12-9-24(20-36-29)27-18-25(34)10-13-31(27)42-21-37-39-40-42/h4-14,18-21,28H,15-17,22H2,1-3H3. The largest absolute Gasteiger partial charge is 0.361 e. The van der Waals surface area contributed by atoms with Gasteiger partial charge in [-0.2, -0.15) is 4.68 Å². The smallest absolute Gasteiger partial charge is 0.143 e. The van der Waals surface area contributed by atoms with Crippen molar-refractivity contribution in [3.05, 3.63) is 119 Å². The van der Waals surface area contributed by atoms with Gasteiger partial charge in [-0.25, -0.2) is 9.37 Å². The zero-order valence-electron chi connectivity index (χ0n) is 24.9. The van der Waals surface area contributed by atoms with E-state index in [4.69, 9.17) is 26.3 Å². The van der Waals surface area contributed by atoms with Crippen molar-refractivity contribution in [1.29, 1.82) is 0 Å². The van der Waals surface area contributed by atoms with Gasteiger partial charge in [0.1, 0.15) is 24.7 Å². The van der Waals surface area contributed by atoms with Crippen LogP contribution in [0, 0.1) is 5.82 Å². The summed E-state index contributed by atoms with van der Waals surface area (Å²) in [5, 5.41) is 12.2. The average Bonchev–Trinajstić information content (AvgIpc) is 3.67. The van der Waals surface area contributed by atoms with Crippen LogP contribution in [0.4, 0.5) is 4.39 Å². The predicted molar refractivity (Wildman–Crippen MR) is 173 cm³/mol. The van der Waals surface area contributed by atoms with Crippen LogP contribution in [-0.4, -0.2) is 49.4 Å². The van der Waals surface area contributed by atoms with Crippen LogP contribution < -0.4 is 0 Å². The number of pyridine rings is 1. The molecule has 1 atom stereocenters. The van der Waals surface area contributed by atoms with Crippen LogP contribution in [0.5, 0.6) is 0 Å². The first kappa shape index (κ1) is 29.8. The van der Waals surface area contributed by atoms with Crippen molar-refractivity contribution in [2.75, 3.05) is 6.61 Å². The maximum Gasteiger partial charge on any atom is 0.143 e. The van der Waals surface area contributed by atoms with Gasteiger partial charge >= 0.3 is 0 Å². The van der Waals surface area contributed by atoms with E-state index in [1.54, 1.807) is 23.1 Å². The normalized spacial score (nSPS) is 12.6. The summed E-state index contributed by atoms with van der Waals surface area (Å²) in [5.74, 6) is 0.232. The number of nitrogens with zero attached hydrogens (tertiary/aromatic N) is 7. The van der Waals surface area contributed by atoms with Gasteiger partial charge in [0, 0.05) is 43.1 Å². The fourth-order valence-corrected chi connectivity index (χ4v) is 6.15. The van der Waals surface area contributed by atoms with Gasteiger partial charge in [-0.3, -0.25) is 4.98 Å². The molecule has 3 aromatic heterocycles. The third-order valence-electron chi connectivity index (χ3n) is 7.56. The van der Waals surface area contributed by atoms with E-state index in [1.165, 1.54) is 12.1 Å². The Morgan fingerprint density at radius 1 is 0.977 bits per heavy atom. The molecule has 6 rings (SSSR count). The highest BCUT2D eigenvalue weighted by atomic mass is 35.5. The number of aromatic nitrogens is 7. The van der Waals surface area contributed by atoms with Crippen molar-refractivity contribution in [3.8, 4) is 16.8 Å². The molecule has 0 radical (unpaired) electrons. The second-order valence-electron chi connectivity index (χ2n) is 12.0. The Kier molecular flexibility index (Phi) is 8.65. The molecular formula is C33H33ClFN7OSi. The number of imidazole rings is 1. The molecule has 0 saturated carbocycles. The van der Waals surface area contributed by atoms with Gasteiger partial charge in [0.25, 0.3) is 0 Å². The van der Waals surface area contributed by atoms with Crippen LogP contribution in [0.3, 0.4) is 0 Å². The van der Waals surface area contributed by atoms with E-state index in [1.807, 2.05) is 48.7 Å². The fraction of sp³-hybridized carbons (Fsp3) is 0.242. The van der Waals surface area contributed by atoms with Crippen LogP contribution in [-0.2, 0) is 17.9 Å². The zero-order chi connectivity index (χ0) is 30.7. The topological polar surface area (TPSA) is 83.5 Å². The van der Waals surface area contributed by atoms with Gasteiger partial charge in [-0.15, -0.1) is 5.10 Å². The molecule has 0 aliphatic carbocycles. The van der Waals surface area contributed by atoms with Crippen LogP contribution in [0.2, 0.25) is 30.7 Å².